The van der Waals surface area contributed by atoms with Crippen LogP contribution in [0.5, 0.6) is 0 Å². The fraction of sp³-hybridized carbons (Fsp3) is 0.481. The second kappa shape index (κ2) is 14.0. The molecule has 2 aromatic rings. The zero-order chi connectivity index (χ0) is 27.8. The van der Waals surface area contributed by atoms with Crippen LogP contribution in [0, 0.1) is 6.92 Å². The van der Waals surface area contributed by atoms with Crippen molar-refractivity contribution in [2.45, 2.75) is 72.0 Å². The Balaban J connectivity index is 2.25. The van der Waals surface area contributed by atoms with Gasteiger partial charge in [0.1, 0.15) is 6.04 Å². The van der Waals surface area contributed by atoms with Gasteiger partial charge in [-0.25, -0.2) is 8.42 Å². The molecule has 7 nitrogen and oxygen atoms in total. The Labute approximate surface area is 231 Å². The van der Waals surface area contributed by atoms with Crippen molar-refractivity contribution in [3.63, 3.8) is 0 Å². The highest BCUT2D eigenvalue weighted by molar-refractivity contribution is 7.92. The fourth-order valence-electron chi connectivity index (χ4n) is 4.00. The highest BCUT2D eigenvalue weighted by atomic mass is 35.5. The number of nitrogens with zero attached hydrogens (tertiary/aromatic N) is 2. The third kappa shape index (κ3) is 8.90. The Morgan fingerprint density at radius 1 is 1.03 bits per heavy atom. The van der Waals surface area contributed by atoms with Gasteiger partial charge in [0.05, 0.1) is 11.9 Å². The molecule has 1 N–H and O–H groups in total. The van der Waals surface area contributed by atoms with E-state index in [-0.39, 0.29) is 43.8 Å². The summed E-state index contributed by atoms with van der Waals surface area (Å²) in [6.07, 6.45) is 2.70. The number of sulfonamides is 1. The van der Waals surface area contributed by atoms with Crippen LogP contribution in [0.15, 0.2) is 42.5 Å². The van der Waals surface area contributed by atoms with Crippen molar-refractivity contribution in [3.05, 3.63) is 63.6 Å². The van der Waals surface area contributed by atoms with E-state index in [2.05, 4.69) is 5.32 Å². The summed E-state index contributed by atoms with van der Waals surface area (Å²) in [5.74, 6) is -0.427. The van der Waals surface area contributed by atoms with Crippen LogP contribution in [0.25, 0.3) is 0 Å². The van der Waals surface area contributed by atoms with Crippen LogP contribution in [0.1, 0.15) is 57.6 Å². The second-order valence-electron chi connectivity index (χ2n) is 9.21. The molecule has 0 bridgehead atoms. The summed E-state index contributed by atoms with van der Waals surface area (Å²) in [5, 5.41) is 4.03. The lowest BCUT2D eigenvalue weighted by Gasteiger charge is -2.32. The summed E-state index contributed by atoms with van der Waals surface area (Å²) >= 11 is 12.2. The van der Waals surface area contributed by atoms with Gasteiger partial charge in [0.15, 0.2) is 0 Å². The predicted octanol–water partition coefficient (Wildman–Crippen LogP) is 5.57. The van der Waals surface area contributed by atoms with E-state index in [1.54, 1.807) is 42.2 Å². The first-order valence-corrected chi connectivity index (χ1v) is 15.1. The molecule has 0 radical (unpaired) electrons. The Morgan fingerprint density at radius 2 is 1.68 bits per heavy atom. The summed E-state index contributed by atoms with van der Waals surface area (Å²) in [7, 11) is -3.61. The van der Waals surface area contributed by atoms with E-state index in [1.165, 1.54) is 4.31 Å². The lowest BCUT2D eigenvalue weighted by Crippen LogP contribution is -2.50. The minimum atomic E-state index is -3.61. The number of benzene rings is 2. The summed E-state index contributed by atoms with van der Waals surface area (Å²) in [6, 6.07) is 11.6. The zero-order valence-electron chi connectivity index (χ0n) is 22.1. The number of amides is 2. The second-order valence-corrected chi connectivity index (χ2v) is 12.0. The SMILES string of the molecule is CC[C@H](C)NC(=O)[C@H](CC)N(Cc1ccc(Cl)cc1)C(=O)CCCN(c1cccc(Cl)c1C)S(C)(=O)=O. The van der Waals surface area contributed by atoms with Crippen LogP contribution in [0.4, 0.5) is 5.69 Å². The summed E-state index contributed by atoms with van der Waals surface area (Å²) in [4.78, 5) is 28.1. The number of halogens is 2. The van der Waals surface area contributed by atoms with Crippen molar-refractivity contribution in [2.75, 3.05) is 17.1 Å². The van der Waals surface area contributed by atoms with Crippen molar-refractivity contribution < 1.29 is 18.0 Å². The number of rotatable bonds is 13. The third-order valence-corrected chi connectivity index (χ3v) is 8.15. The molecule has 2 atom stereocenters. The van der Waals surface area contributed by atoms with Crippen molar-refractivity contribution in [1.29, 1.82) is 0 Å². The summed E-state index contributed by atoms with van der Waals surface area (Å²) in [5.41, 5.74) is 1.98. The zero-order valence-corrected chi connectivity index (χ0v) is 24.5. The van der Waals surface area contributed by atoms with Crippen molar-refractivity contribution >= 4 is 50.7 Å². The first kappa shape index (κ1) is 30.9. The van der Waals surface area contributed by atoms with Gasteiger partial charge in [-0.05, 0) is 68.5 Å². The molecule has 10 heteroatoms. The molecule has 2 amide bonds. The van der Waals surface area contributed by atoms with Gasteiger partial charge in [-0.3, -0.25) is 13.9 Å². The quantitative estimate of drug-likeness (QED) is 0.341. The third-order valence-electron chi connectivity index (χ3n) is 6.31. The lowest BCUT2D eigenvalue weighted by molar-refractivity contribution is -0.141. The first-order valence-electron chi connectivity index (χ1n) is 12.5. The molecule has 0 fully saturated rings. The molecular formula is C27H37Cl2N3O4S. The minimum absolute atomic E-state index is 0.0155. The predicted molar refractivity (Wildman–Crippen MR) is 152 cm³/mol. The van der Waals surface area contributed by atoms with Gasteiger partial charge in [0.2, 0.25) is 21.8 Å². The van der Waals surface area contributed by atoms with Gasteiger partial charge in [-0.2, -0.15) is 0 Å². The lowest BCUT2D eigenvalue weighted by atomic mass is 10.1. The van der Waals surface area contributed by atoms with E-state index in [4.69, 9.17) is 23.2 Å². The van der Waals surface area contributed by atoms with Gasteiger partial charge in [0.25, 0.3) is 0 Å². The van der Waals surface area contributed by atoms with Gasteiger partial charge < -0.3 is 10.2 Å². The number of hydrogen-bond donors (Lipinski definition) is 1. The van der Waals surface area contributed by atoms with Gasteiger partial charge in [0, 0.05) is 35.6 Å². The monoisotopic (exact) mass is 569 g/mol. The van der Waals surface area contributed by atoms with Crippen LogP contribution in [0.2, 0.25) is 10.0 Å². The molecule has 2 aromatic carbocycles. The van der Waals surface area contributed by atoms with Gasteiger partial charge in [-0.1, -0.05) is 55.2 Å². The molecule has 0 saturated carbocycles. The number of hydrogen-bond acceptors (Lipinski definition) is 4. The Kier molecular flexibility index (Phi) is 11.7. The topological polar surface area (TPSA) is 86.8 Å². The van der Waals surface area contributed by atoms with Crippen LogP contribution >= 0.6 is 23.2 Å². The molecule has 204 valence electrons. The molecule has 0 unspecified atom stereocenters. The highest BCUT2D eigenvalue weighted by Crippen LogP contribution is 2.28. The molecule has 37 heavy (non-hydrogen) atoms. The molecule has 0 saturated heterocycles. The fourth-order valence-corrected chi connectivity index (χ4v) is 5.31. The minimum Gasteiger partial charge on any atom is -0.352 e. The maximum Gasteiger partial charge on any atom is 0.243 e. The standard InChI is InChI=1S/C27H37Cl2N3O4S/c1-6-19(3)30-27(34)24(7-2)31(18-21-13-15-22(28)16-14-21)26(33)12-9-17-32(37(5,35)36)25-11-8-10-23(29)20(25)4/h8,10-11,13-16,19,24H,6-7,9,12,17-18H2,1-5H3,(H,30,34)/t19-,24-/m0/s1. The van der Waals surface area contributed by atoms with E-state index in [0.717, 1.165) is 18.2 Å². The average Bonchev–Trinajstić information content (AvgIpc) is 2.84. The van der Waals surface area contributed by atoms with E-state index in [1.807, 2.05) is 32.9 Å². The normalized spacial score (nSPS) is 13.1. The van der Waals surface area contributed by atoms with E-state index in [0.29, 0.717) is 27.7 Å². The van der Waals surface area contributed by atoms with Crippen molar-refractivity contribution in [1.82, 2.24) is 10.2 Å². The molecule has 0 aromatic heterocycles. The average molecular weight is 571 g/mol. The first-order chi connectivity index (χ1) is 17.4. The molecule has 0 heterocycles. The number of anilines is 1. The van der Waals surface area contributed by atoms with Gasteiger partial charge in [-0.15, -0.1) is 0 Å². The van der Waals surface area contributed by atoms with Crippen LogP contribution in [-0.2, 0) is 26.2 Å². The van der Waals surface area contributed by atoms with Gasteiger partial charge >= 0.3 is 0 Å². The molecule has 0 aliphatic carbocycles. The Hall–Kier alpha value is -2.29. The van der Waals surface area contributed by atoms with E-state index in [9.17, 15) is 18.0 Å². The number of carbonyl (C=O) groups is 2. The maximum atomic E-state index is 13.5. The molecule has 0 aliphatic rings. The maximum absolute atomic E-state index is 13.5. The largest absolute Gasteiger partial charge is 0.352 e. The smallest absolute Gasteiger partial charge is 0.243 e. The van der Waals surface area contributed by atoms with E-state index >= 15 is 0 Å². The van der Waals surface area contributed by atoms with E-state index < -0.39 is 16.1 Å². The number of carbonyl (C=O) groups excluding carboxylic acids is 2. The molecule has 0 aliphatic heterocycles. The summed E-state index contributed by atoms with van der Waals surface area (Å²) < 4.78 is 26.4. The van der Waals surface area contributed by atoms with Crippen LogP contribution < -0.4 is 9.62 Å². The molecule has 0 spiro atoms. The van der Waals surface area contributed by atoms with Crippen LogP contribution in [-0.4, -0.2) is 50.0 Å². The highest BCUT2D eigenvalue weighted by Gasteiger charge is 2.29. The molecular weight excluding hydrogens is 533 g/mol. The Bertz CT molecular complexity index is 1170. The van der Waals surface area contributed by atoms with Crippen molar-refractivity contribution in [3.8, 4) is 0 Å². The Morgan fingerprint density at radius 3 is 2.24 bits per heavy atom. The summed E-state index contributed by atoms with van der Waals surface area (Å²) in [6.45, 7) is 7.89. The number of nitrogens with one attached hydrogen (secondary N) is 1. The molecule has 2 rings (SSSR count). The van der Waals surface area contributed by atoms with Crippen LogP contribution in [0.3, 0.4) is 0 Å². The van der Waals surface area contributed by atoms with Crippen molar-refractivity contribution in [2.24, 2.45) is 0 Å².